The van der Waals surface area contributed by atoms with Gasteiger partial charge in [0.1, 0.15) is 11.2 Å². The lowest BCUT2D eigenvalue weighted by Crippen LogP contribution is -2.07. The van der Waals surface area contributed by atoms with Gasteiger partial charge in [0.15, 0.2) is 11.6 Å². The molecule has 0 aliphatic heterocycles. The van der Waals surface area contributed by atoms with E-state index in [9.17, 15) is 0 Å². The van der Waals surface area contributed by atoms with Crippen molar-refractivity contribution in [1.82, 2.24) is 19.5 Å². The van der Waals surface area contributed by atoms with Crippen LogP contribution in [0.1, 0.15) is 0 Å². The van der Waals surface area contributed by atoms with Gasteiger partial charge in [0.2, 0.25) is 5.95 Å². The number of furan rings is 1. The molecular formula is C55H32N4OS. The van der Waals surface area contributed by atoms with E-state index in [0.29, 0.717) is 17.6 Å². The van der Waals surface area contributed by atoms with Crippen molar-refractivity contribution in [2.45, 2.75) is 0 Å². The van der Waals surface area contributed by atoms with Crippen LogP contribution in [0.5, 0.6) is 0 Å². The molecule has 0 aliphatic carbocycles. The molecule has 61 heavy (non-hydrogen) atoms. The first kappa shape index (κ1) is 34.0. The van der Waals surface area contributed by atoms with Gasteiger partial charge >= 0.3 is 0 Å². The first-order valence-corrected chi connectivity index (χ1v) is 21.2. The summed E-state index contributed by atoms with van der Waals surface area (Å²) in [7, 11) is 0. The summed E-state index contributed by atoms with van der Waals surface area (Å²) < 4.78 is 11.2. The number of rotatable bonds is 5. The maximum Gasteiger partial charge on any atom is 0.238 e. The molecule has 0 atom stereocenters. The fourth-order valence-corrected chi connectivity index (χ4v) is 10.4. The molecule has 0 saturated carbocycles. The Morgan fingerprint density at radius 3 is 1.97 bits per heavy atom. The molecule has 0 N–H and O–H groups in total. The molecule has 9 aromatic carbocycles. The van der Waals surface area contributed by atoms with Crippen LogP contribution in [-0.2, 0) is 0 Å². The molecule has 0 amide bonds. The summed E-state index contributed by atoms with van der Waals surface area (Å²) in [6.07, 6.45) is 0. The number of thiophene rings is 1. The zero-order chi connectivity index (χ0) is 40.0. The van der Waals surface area contributed by atoms with Gasteiger partial charge in [-0.25, -0.2) is 4.98 Å². The van der Waals surface area contributed by atoms with E-state index >= 15 is 0 Å². The number of aromatic nitrogens is 4. The smallest absolute Gasteiger partial charge is 0.238 e. The Morgan fingerprint density at radius 1 is 0.393 bits per heavy atom. The Balaban J connectivity index is 1.06. The van der Waals surface area contributed by atoms with Crippen LogP contribution in [0.4, 0.5) is 0 Å². The fourth-order valence-electron chi connectivity index (χ4n) is 9.22. The van der Waals surface area contributed by atoms with Crippen LogP contribution in [0.15, 0.2) is 199 Å². The van der Waals surface area contributed by atoms with E-state index in [-0.39, 0.29) is 0 Å². The van der Waals surface area contributed by atoms with Crippen LogP contribution in [0.2, 0.25) is 0 Å². The summed E-state index contributed by atoms with van der Waals surface area (Å²) in [6.45, 7) is 0. The average Bonchev–Trinajstić information content (AvgIpc) is 4.01. The normalized spacial score (nSPS) is 11.9. The standard InChI is InChI=1S/C55H32N4OS/c1-2-13-34(14-3-1)53-56-54(38-25-27-42-41-18-6-8-22-47(41)60-48(42)31-38)58-55(57-53)59-46-29-26-33-12-4-5-17-39(33)51(46)45-21-11-20-40(52(45)59)37-16-10-15-35(30-37)36-24-28-44-43-19-7-9-23-49(43)61-50(44)32-36/h1-32H. The van der Waals surface area contributed by atoms with Crippen LogP contribution in [-0.4, -0.2) is 19.5 Å². The van der Waals surface area contributed by atoms with E-state index in [4.69, 9.17) is 19.4 Å². The number of nitrogens with zero attached hydrogens (tertiary/aromatic N) is 4. The summed E-state index contributed by atoms with van der Waals surface area (Å²) >= 11 is 1.85. The van der Waals surface area contributed by atoms with E-state index in [1.54, 1.807) is 0 Å². The second-order valence-corrected chi connectivity index (χ2v) is 16.6. The minimum absolute atomic E-state index is 0.544. The van der Waals surface area contributed by atoms with E-state index in [2.05, 4.69) is 162 Å². The van der Waals surface area contributed by atoms with Gasteiger partial charge in [-0.15, -0.1) is 11.3 Å². The Labute approximate surface area is 353 Å². The van der Waals surface area contributed by atoms with Crippen LogP contribution in [0.3, 0.4) is 0 Å². The van der Waals surface area contributed by atoms with E-state index < -0.39 is 0 Å². The maximum absolute atomic E-state index is 6.35. The van der Waals surface area contributed by atoms with Crippen molar-refractivity contribution >= 4 is 86.0 Å². The zero-order valence-electron chi connectivity index (χ0n) is 32.6. The maximum atomic E-state index is 6.35. The van der Waals surface area contributed by atoms with Crippen LogP contribution in [0.25, 0.3) is 126 Å². The van der Waals surface area contributed by atoms with Crippen molar-refractivity contribution in [2.75, 3.05) is 0 Å². The highest BCUT2D eigenvalue weighted by atomic mass is 32.1. The summed E-state index contributed by atoms with van der Waals surface area (Å²) in [4.78, 5) is 15.8. The van der Waals surface area contributed by atoms with E-state index in [1.807, 2.05) is 47.7 Å². The van der Waals surface area contributed by atoms with Crippen LogP contribution >= 0.6 is 11.3 Å². The lowest BCUT2D eigenvalue weighted by atomic mass is 9.96. The number of benzene rings is 9. The van der Waals surface area contributed by atoms with Gasteiger partial charge in [-0.05, 0) is 69.9 Å². The molecule has 4 heterocycles. The molecule has 284 valence electrons. The van der Waals surface area contributed by atoms with Gasteiger partial charge in [-0.3, -0.25) is 4.57 Å². The predicted molar refractivity (Wildman–Crippen MR) is 254 cm³/mol. The van der Waals surface area contributed by atoms with Gasteiger partial charge in [0, 0.05) is 58.4 Å². The monoisotopic (exact) mass is 796 g/mol. The third-order valence-electron chi connectivity index (χ3n) is 12.1. The molecule has 6 heteroatoms. The van der Waals surface area contributed by atoms with Gasteiger partial charge < -0.3 is 4.42 Å². The highest BCUT2D eigenvalue weighted by molar-refractivity contribution is 7.25. The zero-order valence-corrected chi connectivity index (χ0v) is 33.4. The van der Waals surface area contributed by atoms with Gasteiger partial charge in [0.25, 0.3) is 0 Å². The number of hydrogen-bond donors (Lipinski definition) is 0. The Morgan fingerprint density at radius 2 is 1.05 bits per heavy atom. The highest BCUT2D eigenvalue weighted by Crippen LogP contribution is 2.43. The first-order chi connectivity index (χ1) is 30.2. The topological polar surface area (TPSA) is 56.7 Å². The Kier molecular flexibility index (Phi) is 7.41. The molecule has 0 saturated heterocycles. The van der Waals surface area contributed by atoms with Crippen molar-refractivity contribution in [3.05, 3.63) is 194 Å². The molecule has 0 spiro atoms. The second-order valence-electron chi connectivity index (χ2n) is 15.6. The number of fused-ring (bicyclic) bond motifs is 11. The lowest BCUT2D eigenvalue weighted by molar-refractivity contribution is 0.669. The molecular weight excluding hydrogens is 765 g/mol. The van der Waals surface area contributed by atoms with Crippen LogP contribution in [0, 0.1) is 0 Å². The van der Waals surface area contributed by atoms with Gasteiger partial charge in [-0.1, -0.05) is 152 Å². The van der Waals surface area contributed by atoms with Crippen molar-refractivity contribution in [1.29, 1.82) is 0 Å². The molecule has 0 aliphatic rings. The van der Waals surface area contributed by atoms with Gasteiger partial charge in [-0.2, -0.15) is 9.97 Å². The van der Waals surface area contributed by atoms with Crippen molar-refractivity contribution < 1.29 is 4.42 Å². The first-order valence-electron chi connectivity index (χ1n) is 20.4. The quantitative estimate of drug-likeness (QED) is 0.174. The van der Waals surface area contributed by atoms with E-state index in [0.717, 1.165) is 71.6 Å². The lowest BCUT2D eigenvalue weighted by Gasteiger charge is -2.13. The predicted octanol–water partition coefficient (Wildman–Crippen LogP) is 15.1. The molecule has 13 rings (SSSR count). The Bertz CT molecular complexity index is 3900. The minimum Gasteiger partial charge on any atom is -0.456 e. The average molecular weight is 797 g/mol. The molecule has 0 unspecified atom stereocenters. The SMILES string of the molecule is c1ccc(-c2nc(-c3ccc4c(c3)oc3ccccc34)nc(-n3c4ccc5ccccc5c4c4cccc(-c5cccc(-c6ccc7c(c6)sc6ccccc67)c5)c43)n2)cc1. The summed E-state index contributed by atoms with van der Waals surface area (Å²) in [5.74, 6) is 1.71. The van der Waals surface area contributed by atoms with Crippen LogP contribution < -0.4 is 0 Å². The molecule has 0 fully saturated rings. The van der Waals surface area contributed by atoms with Crippen molar-refractivity contribution in [3.8, 4) is 51.0 Å². The molecule has 0 radical (unpaired) electrons. The molecule has 0 bridgehead atoms. The van der Waals surface area contributed by atoms with Crippen molar-refractivity contribution in [3.63, 3.8) is 0 Å². The summed E-state index contributed by atoms with van der Waals surface area (Å²) in [5.41, 5.74) is 10.0. The summed E-state index contributed by atoms with van der Waals surface area (Å²) in [5, 5.41) is 9.40. The Hall–Kier alpha value is -7.93. The number of hydrogen-bond acceptors (Lipinski definition) is 5. The minimum atomic E-state index is 0.544. The summed E-state index contributed by atoms with van der Waals surface area (Å²) in [6, 6.07) is 68.7. The molecule has 4 aromatic heterocycles. The third-order valence-corrected chi connectivity index (χ3v) is 13.2. The highest BCUT2D eigenvalue weighted by Gasteiger charge is 2.22. The third kappa shape index (κ3) is 5.36. The van der Waals surface area contributed by atoms with Crippen molar-refractivity contribution in [2.24, 2.45) is 0 Å². The van der Waals surface area contributed by atoms with E-state index in [1.165, 1.54) is 36.5 Å². The van der Waals surface area contributed by atoms with Gasteiger partial charge in [0.05, 0.1) is 11.0 Å². The largest absolute Gasteiger partial charge is 0.456 e. The second kappa shape index (κ2) is 13.3. The number of para-hydroxylation sites is 2. The fraction of sp³-hybridized carbons (Fsp3) is 0. The molecule has 13 aromatic rings. The molecule has 5 nitrogen and oxygen atoms in total.